The first-order valence-corrected chi connectivity index (χ1v) is 11.5. The van der Waals surface area contributed by atoms with Crippen LogP contribution in [0.2, 0.25) is 0 Å². The number of allylic oxidation sites excluding steroid dienone is 5. The lowest BCUT2D eigenvalue weighted by Gasteiger charge is -2.32. The van der Waals surface area contributed by atoms with Crippen LogP contribution in [0.4, 0.5) is 0 Å². The van der Waals surface area contributed by atoms with Crippen LogP contribution in [0.25, 0.3) is 11.1 Å². The highest BCUT2D eigenvalue weighted by molar-refractivity contribution is 5.83. The smallest absolute Gasteiger partial charge is 0.0208 e. The second-order valence-electron chi connectivity index (χ2n) is 9.16. The van der Waals surface area contributed by atoms with Gasteiger partial charge in [0.2, 0.25) is 0 Å². The largest absolute Gasteiger partial charge is 0.316 e. The van der Waals surface area contributed by atoms with E-state index in [1.165, 1.54) is 44.5 Å². The average Bonchev–Trinajstić information content (AvgIpc) is 2.81. The lowest BCUT2D eigenvalue weighted by molar-refractivity contribution is 0.589. The highest BCUT2D eigenvalue weighted by Gasteiger charge is 2.29. The molecule has 1 heteroatoms. The van der Waals surface area contributed by atoms with Gasteiger partial charge in [0.25, 0.3) is 0 Å². The van der Waals surface area contributed by atoms with Crippen molar-refractivity contribution in [3.05, 3.63) is 130 Å². The van der Waals surface area contributed by atoms with E-state index in [0.717, 1.165) is 13.0 Å². The van der Waals surface area contributed by atoms with Gasteiger partial charge in [0, 0.05) is 12.0 Å². The Morgan fingerprint density at radius 3 is 2.12 bits per heavy atom. The molecule has 0 saturated carbocycles. The zero-order chi connectivity index (χ0) is 22.6. The minimum atomic E-state index is -0.0326. The molecule has 162 valence electrons. The quantitative estimate of drug-likeness (QED) is 0.443. The molecule has 32 heavy (non-hydrogen) atoms. The molecule has 0 aromatic heterocycles. The Labute approximate surface area is 193 Å². The molecule has 1 aliphatic carbocycles. The number of hydrogen-bond acceptors (Lipinski definition) is 1. The van der Waals surface area contributed by atoms with Crippen LogP contribution in [-0.2, 0) is 5.41 Å². The molecule has 0 saturated heterocycles. The third kappa shape index (κ3) is 4.84. The van der Waals surface area contributed by atoms with Crippen molar-refractivity contribution in [1.82, 2.24) is 5.32 Å². The molecule has 0 unspecified atom stereocenters. The number of nitrogens with one attached hydrogen (secondary N) is 1. The lowest BCUT2D eigenvalue weighted by atomic mass is 9.71. The fourth-order valence-corrected chi connectivity index (χ4v) is 4.49. The molecule has 3 aromatic rings. The van der Waals surface area contributed by atoms with Crippen LogP contribution >= 0.6 is 0 Å². The van der Waals surface area contributed by atoms with E-state index >= 15 is 0 Å². The van der Waals surface area contributed by atoms with Gasteiger partial charge >= 0.3 is 0 Å². The third-order valence-corrected chi connectivity index (χ3v) is 6.46. The summed E-state index contributed by atoms with van der Waals surface area (Å²) in [6.45, 7) is 7.48. The van der Waals surface area contributed by atoms with E-state index in [4.69, 9.17) is 0 Å². The third-order valence-electron chi connectivity index (χ3n) is 6.46. The summed E-state index contributed by atoms with van der Waals surface area (Å²) >= 11 is 0. The summed E-state index contributed by atoms with van der Waals surface area (Å²) < 4.78 is 0. The Morgan fingerprint density at radius 1 is 0.875 bits per heavy atom. The maximum atomic E-state index is 3.37. The molecule has 0 bridgehead atoms. The van der Waals surface area contributed by atoms with Crippen molar-refractivity contribution in [3.63, 3.8) is 0 Å². The van der Waals surface area contributed by atoms with Crippen LogP contribution in [0.3, 0.4) is 0 Å². The topological polar surface area (TPSA) is 12.0 Å². The van der Waals surface area contributed by atoms with E-state index in [-0.39, 0.29) is 5.41 Å². The molecular formula is C31H33N. The highest BCUT2D eigenvalue weighted by Crippen LogP contribution is 2.41. The van der Waals surface area contributed by atoms with Crippen molar-refractivity contribution in [3.8, 4) is 0 Å². The second-order valence-corrected chi connectivity index (χ2v) is 9.16. The Bertz CT molecular complexity index is 1150. The maximum Gasteiger partial charge on any atom is 0.0208 e. The molecule has 1 atom stereocenters. The summed E-state index contributed by atoms with van der Waals surface area (Å²) in [5.41, 5.74) is 10.5. The van der Waals surface area contributed by atoms with E-state index in [9.17, 15) is 0 Å². The minimum Gasteiger partial charge on any atom is -0.316 e. The number of likely N-dealkylation sites (N-methyl/N-ethyl adjacent to an activating group) is 1. The molecule has 0 amide bonds. The fraction of sp³-hybridized carbons (Fsp3) is 0.226. The summed E-state index contributed by atoms with van der Waals surface area (Å²) in [5, 5.41) is 3.37. The molecule has 0 radical (unpaired) electrons. The Balaban J connectivity index is 1.83. The zero-order valence-electron chi connectivity index (χ0n) is 19.7. The molecule has 1 nitrogen and oxygen atoms in total. The van der Waals surface area contributed by atoms with E-state index < -0.39 is 0 Å². The van der Waals surface area contributed by atoms with Gasteiger partial charge in [-0.3, -0.25) is 0 Å². The lowest BCUT2D eigenvalue weighted by Crippen LogP contribution is -2.23. The van der Waals surface area contributed by atoms with Crippen LogP contribution < -0.4 is 5.32 Å². The molecule has 4 rings (SSSR count). The molecule has 1 aliphatic rings. The average molecular weight is 420 g/mol. The molecule has 3 aromatic carbocycles. The summed E-state index contributed by atoms with van der Waals surface area (Å²) in [6.07, 6.45) is 8.11. The Kier molecular flexibility index (Phi) is 6.58. The standard InChI is InChI=1S/C31H33N/c1-23-10-14-26(15-11-23)30-18-19-31(3,29-16-12-24(2)13-17-29)21-27(30)20-28(22-32-4)25-8-6-5-7-9-25/h5-20,32H,21-22H2,1-4H3/b28-20+/t31-/m1/s1. The molecule has 1 N–H and O–H groups in total. The molecule has 0 aliphatic heterocycles. The van der Waals surface area contributed by atoms with Crippen molar-refractivity contribution in [1.29, 1.82) is 0 Å². The minimum absolute atomic E-state index is 0.0326. The summed E-state index contributed by atoms with van der Waals surface area (Å²) in [5.74, 6) is 0. The Morgan fingerprint density at radius 2 is 1.50 bits per heavy atom. The van der Waals surface area contributed by atoms with Gasteiger partial charge in [0.1, 0.15) is 0 Å². The van der Waals surface area contributed by atoms with Crippen molar-refractivity contribution < 1.29 is 0 Å². The van der Waals surface area contributed by atoms with Gasteiger partial charge in [0.15, 0.2) is 0 Å². The van der Waals surface area contributed by atoms with Gasteiger partial charge in [-0.05, 0) is 60.7 Å². The van der Waals surface area contributed by atoms with Gasteiger partial charge < -0.3 is 5.32 Å². The van der Waals surface area contributed by atoms with Gasteiger partial charge in [-0.1, -0.05) is 115 Å². The van der Waals surface area contributed by atoms with Crippen LogP contribution in [0, 0.1) is 13.8 Å². The van der Waals surface area contributed by atoms with Crippen molar-refractivity contribution >= 4 is 11.1 Å². The highest BCUT2D eigenvalue weighted by atomic mass is 14.8. The monoisotopic (exact) mass is 419 g/mol. The fourth-order valence-electron chi connectivity index (χ4n) is 4.49. The van der Waals surface area contributed by atoms with Gasteiger partial charge in [-0.2, -0.15) is 0 Å². The first-order valence-electron chi connectivity index (χ1n) is 11.5. The van der Waals surface area contributed by atoms with E-state index in [2.05, 4.69) is 123 Å². The van der Waals surface area contributed by atoms with Crippen LogP contribution in [0.1, 0.15) is 41.2 Å². The first kappa shape index (κ1) is 22.0. The van der Waals surface area contributed by atoms with Crippen LogP contribution in [0.5, 0.6) is 0 Å². The van der Waals surface area contributed by atoms with Crippen molar-refractivity contribution in [2.75, 3.05) is 13.6 Å². The molecule has 0 spiro atoms. The van der Waals surface area contributed by atoms with Crippen molar-refractivity contribution in [2.24, 2.45) is 0 Å². The van der Waals surface area contributed by atoms with E-state index in [0.29, 0.717) is 0 Å². The summed E-state index contributed by atoms with van der Waals surface area (Å²) in [6, 6.07) is 28.6. The summed E-state index contributed by atoms with van der Waals surface area (Å²) in [7, 11) is 2.02. The Hall–Kier alpha value is -3.16. The van der Waals surface area contributed by atoms with Crippen LogP contribution in [0.15, 0.2) is 103 Å². The van der Waals surface area contributed by atoms with Gasteiger partial charge in [-0.15, -0.1) is 0 Å². The normalized spacial score (nSPS) is 18.8. The number of hydrogen-bond donors (Lipinski definition) is 1. The molecular weight excluding hydrogens is 386 g/mol. The molecule has 0 heterocycles. The second kappa shape index (κ2) is 9.54. The maximum absolute atomic E-state index is 3.37. The van der Waals surface area contributed by atoms with E-state index in [1.54, 1.807) is 0 Å². The van der Waals surface area contributed by atoms with Crippen LogP contribution in [-0.4, -0.2) is 13.6 Å². The number of rotatable bonds is 6. The SMILES string of the molecule is CNC/C(=C\C1=C(c2ccc(C)cc2)C=C[C@@](C)(c2ccc(C)cc2)C1)c1ccccc1. The van der Waals surface area contributed by atoms with Gasteiger partial charge in [-0.25, -0.2) is 0 Å². The van der Waals surface area contributed by atoms with E-state index in [1.807, 2.05) is 7.05 Å². The zero-order valence-corrected chi connectivity index (χ0v) is 19.7. The predicted octanol–water partition coefficient (Wildman–Crippen LogP) is 7.28. The number of benzene rings is 3. The molecule has 0 fully saturated rings. The predicted molar refractivity (Wildman–Crippen MR) is 139 cm³/mol. The summed E-state index contributed by atoms with van der Waals surface area (Å²) in [4.78, 5) is 0. The first-order chi connectivity index (χ1) is 15.5. The number of aryl methyl sites for hydroxylation is 2. The van der Waals surface area contributed by atoms with Gasteiger partial charge in [0.05, 0.1) is 0 Å². The van der Waals surface area contributed by atoms with Crippen molar-refractivity contribution in [2.45, 2.75) is 32.6 Å².